The second kappa shape index (κ2) is 4.96. The minimum Gasteiger partial charge on any atom is -0.304 e. The highest BCUT2D eigenvalue weighted by molar-refractivity contribution is 7.10. The maximum Gasteiger partial charge on any atom is 0.133 e. The number of aryl methyl sites for hydroxylation is 1. The molecule has 2 heterocycles. The maximum atomic E-state index is 9.34. The summed E-state index contributed by atoms with van der Waals surface area (Å²) in [5.74, 6) is 0. The lowest BCUT2D eigenvalue weighted by Crippen LogP contribution is -2.45. The quantitative estimate of drug-likeness (QED) is 0.784. The van der Waals surface area contributed by atoms with Gasteiger partial charge in [-0.3, -0.25) is 4.90 Å². The van der Waals surface area contributed by atoms with Crippen LogP contribution in [0, 0.1) is 18.3 Å². The normalized spacial score (nSPS) is 20.6. The van der Waals surface area contributed by atoms with Crippen LogP contribution in [-0.2, 0) is 0 Å². The van der Waals surface area contributed by atoms with Crippen LogP contribution in [-0.4, -0.2) is 43.0 Å². The van der Waals surface area contributed by atoms with Crippen LogP contribution < -0.4 is 0 Å². The number of likely N-dealkylation sites (N-methyl/N-ethyl adjacent to an activating group) is 1. The average Bonchev–Trinajstić information content (AvgIpc) is 2.69. The maximum absolute atomic E-state index is 9.34. The second-order valence-corrected chi connectivity index (χ2v) is 5.29. The minimum absolute atomic E-state index is 0.0475. The van der Waals surface area contributed by atoms with E-state index in [1.54, 1.807) is 11.3 Å². The minimum atomic E-state index is -0.0475. The first-order chi connectivity index (χ1) is 7.72. The predicted molar refractivity (Wildman–Crippen MR) is 66.5 cm³/mol. The van der Waals surface area contributed by atoms with Gasteiger partial charge in [-0.25, -0.2) is 0 Å². The summed E-state index contributed by atoms with van der Waals surface area (Å²) in [5.41, 5.74) is 1.25. The highest BCUT2D eigenvalue weighted by Gasteiger charge is 2.25. The molecule has 0 radical (unpaired) electrons. The van der Waals surface area contributed by atoms with Gasteiger partial charge in [0.25, 0.3) is 0 Å². The number of nitrogens with zero attached hydrogens (tertiary/aromatic N) is 3. The fourth-order valence-electron chi connectivity index (χ4n) is 2.05. The van der Waals surface area contributed by atoms with Crippen LogP contribution >= 0.6 is 11.3 Å². The van der Waals surface area contributed by atoms with E-state index in [9.17, 15) is 5.26 Å². The molecule has 0 saturated carbocycles. The van der Waals surface area contributed by atoms with E-state index in [4.69, 9.17) is 0 Å². The Morgan fingerprint density at radius 2 is 2.06 bits per heavy atom. The van der Waals surface area contributed by atoms with Gasteiger partial charge in [0.05, 0.1) is 6.07 Å². The lowest BCUT2D eigenvalue weighted by atomic mass is 10.1. The van der Waals surface area contributed by atoms with Gasteiger partial charge < -0.3 is 4.90 Å². The Kier molecular flexibility index (Phi) is 3.59. The molecule has 1 unspecified atom stereocenters. The first-order valence-corrected chi connectivity index (χ1v) is 6.46. The third kappa shape index (κ3) is 2.27. The molecule has 1 fully saturated rings. The third-order valence-corrected chi connectivity index (χ3v) is 4.25. The smallest absolute Gasteiger partial charge is 0.133 e. The predicted octanol–water partition coefficient (Wildman–Crippen LogP) is 1.87. The standard InChI is InChI=1S/C12H17N3S/c1-10-3-8-16-12(10)11(9-13)15-6-4-14(2)5-7-15/h3,8,11H,4-7H2,1-2H3. The molecule has 16 heavy (non-hydrogen) atoms. The van der Waals surface area contributed by atoms with Crippen molar-refractivity contribution >= 4 is 11.3 Å². The number of piperazine rings is 1. The summed E-state index contributed by atoms with van der Waals surface area (Å²) in [6.07, 6.45) is 0. The molecule has 1 saturated heterocycles. The van der Waals surface area contributed by atoms with Gasteiger partial charge in [0.15, 0.2) is 0 Å². The molecule has 1 aliphatic heterocycles. The van der Waals surface area contributed by atoms with Gasteiger partial charge in [-0.15, -0.1) is 11.3 Å². The Labute approximate surface area is 101 Å². The SMILES string of the molecule is Cc1ccsc1C(C#N)N1CCN(C)CC1. The van der Waals surface area contributed by atoms with Crippen LogP contribution in [0.5, 0.6) is 0 Å². The number of hydrogen-bond donors (Lipinski definition) is 0. The Morgan fingerprint density at radius 3 is 2.56 bits per heavy atom. The van der Waals surface area contributed by atoms with Crippen molar-refractivity contribution in [1.82, 2.24) is 9.80 Å². The average molecular weight is 235 g/mol. The molecule has 1 atom stereocenters. The molecular weight excluding hydrogens is 218 g/mol. The summed E-state index contributed by atoms with van der Waals surface area (Å²) in [4.78, 5) is 5.82. The van der Waals surface area contributed by atoms with Crippen molar-refractivity contribution < 1.29 is 0 Å². The Hall–Kier alpha value is -0.890. The van der Waals surface area contributed by atoms with Gasteiger partial charge in [-0.2, -0.15) is 5.26 Å². The molecule has 1 aromatic rings. The number of rotatable bonds is 2. The van der Waals surface area contributed by atoms with Crippen molar-refractivity contribution in [2.24, 2.45) is 0 Å². The van der Waals surface area contributed by atoms with Gasteiger partial charge in [-0.1, -0.05) is 0 Å². The van der Waals surface area contributed by atoms with Crippen molar-refractivity contribution in [2.75, 3.05) is 33.2 Å². The van der Waals surface area contributed by atoms with E-state index in [2.05, 4.69) is 41.3 Å². The van der Waals surface area contributed by atoms with Crippen LogP contribution in [0.4, 0.5) is 0 Å². The molecule has 3 nitrogen and oxygen atoms in total. The molecule has 4 heteroatoms. The summed E-state index contributed by atoms with van der Waals surface area (Å²) in [6, 6.07) is 4.50. The summed E-state index contributed by atoms with van der Waals surface area (Å²) in [7, 11) is 2.13. The van der Waals surface area contributed by atoms with E-state index < -0.39 is 0 Å². The topological polar surface area (TPSA) is 30.3 Å². The van der Waals surface area contributed by atoms with Gasteiger partial charge in [0.2, 0.25) is 0 Å². The fraction of sp³-hybridized carbons (Fsp3) is 0.583. The van der Waals surface area contributed by atoms with Gasteiger partial charge >= 0.3 is 0 Å². The summed E-state index contributed by atoms with van der Waals surface area (Å²) >= 11 is 1.70. The third-order valence-electron chi connectivity index (χ3n) is 3.18. The first kappa shape index (κ1) is 11.6. The van der Waals surface area contributed by atoms with E-state index in [0.717, 1.165) is 26.2 Å². The van der Waals surface area contributed by atoms with Crippen LogP contribution in [0.25, 0.3) is 0 Å². The summed E-state index contributed by atoms with van der Waals surface area (Å²) in [5, 5.41) is 11.4. The molecule has 0 bridgehead atoms. The summed E-state index contributed by atoms with van der Waals surface area (Å²) < 4.78 is 0. The largest absolute Gasteiger partial charge is 0.304 e. The molecule has 1 aromatic heterocycles. The van der Waals surface area contributed by atoms with E-state index in [1.165, 1.54) is 10.4 Å². The molecule has 0 spiro atoms. The van der Waals surface area contributed by atoms with E-state index in [1.807, 2.05) is 0 Å². The molecule has 0 aliphatic carbocycles. The molecule has 0 amide bonds. The van der Waals surface area contributed by atoms with Crippen LogP contribution in [0.1, 0.15) is 16.5 Å². The Balaban J connectivity index is 2.12. The number of hydrogen-bond acceptors (Lipinski definition) is 4. The lowest BCUT2D eigenvalue weighted by Gasteiger charge is -2.34. The number of nitriles is 1. The zero-order valence-corrected chi connectivity index (χ0v) is 10.6. The van der Waals surface area contributed by atoms with Crippen molar-refractivity contribution in [3.05, 3.63) is 21.9 Å². The van der Waals surface area contributed by atoms with E-state index in [-0.39, 0.29) is 6.04 Å². The van der Waals surface area contributed by atoms with Crippen molar-refractivity contribution in [2.45, 2.75) is 13.0 Å². The summed E-state index contributed by atoms with van der Waals surface area (Å²) in [6.45, 7) is 6.19. The molecule has 1 aliphatic rings. The van der Waals surface area contributed by atoms with Crippen molar-refractivity contribution in [1.29, 1.82) is 5.26 Å². The zero-order valence-electron chi connectivity index (χ0n) is 9.81. The van der Waals surface area contributed by atoms with Crippen LogP contribution in [0.15, 0.2) is 11.4 Å². The molecule has 86 valence electrons. The lowest BCUT2D eigenvalue weighted by molar-refractivity contribution is 0.134. The van der Waals surface area contributed by atoms with Crippen molar-refractivity contribution in [3.8, 4) is 6.07 Å². The Bertz CT molecular complexity index is 385. The highest BCUT2D eigenvalue weighted by atomic mass is 32.1. The van der Waals surface area contributed by atoms with E-state index >= 15 is 0 Å². The molecular formula is C12H17N3S. The molecule has 0 aromatic carbocycles. The van der Waals surface area contributed by atoms with Gasteiger partial charge in [0.1, 0.15) is 6.04 Å². The van der Waals surface area contributed by atoms with Gasteiger partial charge in [-0.05, 0) is 31.0 Å². The molecule has 2 rings (SSSR count). The second-order valence-electron chi connectivity index (χ2n) is 4.34. The monoisotopic (exact) mass is 235 g/mol. The molecule has 0 N–H and O–H groups in total. The highest BCUT2D eigenvalue weighted by Crippen LogP contribution is 2.28. The number of thiophene rings is 1. The van der Waals surface area contributed by atoms with Crippen LogP contribution in [0.2, 0.25) is 0 Å². The fourth-order valence-corrected chi connectivity index (χ4v) is 3.05. The zero-order chi connectivity index (χ0) is 11.5. The van der Waals surface area contributed by atoms with Crippen LogP contribution in [0.3, 0.4) is 0 Å². The van der Waals surface area contributed by atoms with Crippen molar-refractivity contribution in [3.63, 3.8) is 0 Å². The Morgan fingerprint density at radius 1 is 1.38 bits per heavy atom. The van der Waals surface area contributed by atoms with Gasteiger partial charge in [0, 0.05) is 31.1 Å². The first-order valence-electron chi connectivity index (χ1n) is 5.58. The van der Waals surface area contributed by atoms with E-state index in [0.29, 0.717) is 0 Å².